The Bertz CT molecular complexity index is 1070. The molecule has 9 nitrogen and oxygen atoms in total. The lowest BCUT2D eigenvalue weighted by molar-refractivity contribution is -0.144. The number of aromatic nitrogens is 1. The van der Waals surface area contributed by atoms with Crippen LogP contribution in [0.15, 0.2) is 47.7 Å². The molecule has 0 aliphatic carbocycles. The average molecular weight is 448 g/mol. The van der Waals surface area contributed by atoms with Gasteiger partial charge in [-0.05, 0) is 43.5 Å². The van der Waals surface area contributed by atoms with Crippen LogP contribution in [-0.2, 0) is 9.59 Å². The van der Waals surface area contributed by atoms with E-state index in [9.17, 15) is 9.59 Å². The van der Waals surface area contributed by atoms with Gasteiger partial charge in [-0.25, -0.2) is 15.4 Å². The summed E-state index contributed by atoms with van der Waals surface area (Å²) in [5.41, 5.74) is 6.97. The molecule has 2 fully saturated rings. The number of nitrogens with one attached hydrogen (secondary N) is 1. The van der Waals surface area contributed by atoms with Crippen LogP contribution < -0.4 is 10.3 Å². The van der Waals surface area contributed by atoms with Gasteiger partial charge in [-0.3, -0.25) is 14.6 Å². The zero-order chi connectivity index (χ0) is 22.9. The lowest BCUT2D eigenvalue weighted by Gasteiger charge is -2.36. The van der Waals surface area contributed by atoms with Crippen molar-refractivity contribution in [1.29, 1.82) is 0 Å². The van der Waals surface area contributed by atoms with Crippen molar-refractivity contribution in [2.45, 2.75) is 32.4 Å². The number of hydrogen-bond acceptors (Lipinski definition) is 7. The molecule has 0 radical (unpaired) electrons. The third-order valence-electron chi connectivity index (χ3n) is 6.66. The fourth-order valence-electron chi connectivity index (χ4n) is 4.74. The van der Waals surface area contributed by atoms with E-state index in [0.717, 1.165) is 18.9 Å². The first kappa shape index (κ1) is 21.4. The highest BCUT2D eigenvalue weighted by atomic mass is 16.2. The highest BCUT2D eigenvalue weighted by Crippen LogP contribution is 2.31. The Morgan fingerprint density at radius 3 is 2.70 bits per heavy atom. The van der Waals surface area contributed by atoms with Gasteiger partial charge in [-0.1, -0.05) is 29.8 Å². The maximum atomic E-state index is 13.1. The summed E-state index contributed by atoms with van der Waals surface area (Å²) in [5, 5.41) is 7.37. The molecule has 0 spiro atoms. The van der Waals surface area contributed by atoms with Crippen LogP contribution in [0.3, 0.4) is 0 Å². The first-order valence-electron chi connectivity index (χ1n) is 11.4. The van der Waals surface area contributed by atoms with E-state index in [1.807, 2.05) is 18.2 Å². The lowest BCUT2D eigenvalue weighted by atomic mass is 9.95. The number of carbonyl (C=O) groups is 2. The molecule has 3 aliphatic heterocycles. The maximum absolute atomic E-state index is 13.1. The first-order valence-corrected chi connectivity index (χ1v) is 11.4. The Morgan fingerprint density at radius 2 is 1.94 bits per heavy atom. The maximum Gasteiger partial charge on any atom is 0.267 e. The van der Waals surface area contributed by atoms with Crippen molar-refractivity contribution < 1.29 is 9.59 Å². The van der Waals surface area contributed by atoms with Crippen LogP contribution >= 0.6 is 0 Å². The van der Waals surface area contributed by atoms with E-state index in [-0.39, 0.29) is 30.4 Å². The molecule has 172 valence electrons. The summed E-state index contributed by atoms with van der Waals surface area (Å²) in [6.45, 7) is 6.77. The summed E-state index contributed by atoms with van der Waals surface area (Å²) < 4.78 is 0. The van der Waals surface area contributed by atoms with Gasteiger partial charge in [0, 0.05) is 32.4 Å². The number of piperazine rings is 1. The van der Waals surface area contributed by atoms with Gasteiger partial charge in [0.2, 0.25) is 5.91 Å². The van der Waals surface area contributed by atoms with E-state index in [2.05, 4.69) is 52.5 Å². The van der Waals surface area contributed by atoms with Gasteiger partial charge in [0.05, 0.1) is 6.04 Å². The zero-order valence-electron chi connectivity index (χ0n) is 19.0. The predicted octanol–water partition coefficient (Wildman–Crippen LogP) is 1.45. The summed E-state index contributed by atoms with van der Waals surface area (Å²) in [4.78, 5) is 34.4. The van der Waals surface area contributed by atoms with Crippen LogP contribution in [0.25, 0.3) is 0 Å². The Kier molecular flexibility index (Phi) is 5.72. The molecule has 5 rings (SSSR count). The summed E-state index contributed by atoms with van der Waals surface area (Å²) >= 11 is 0. The topological polar surface area (TPSA) is 84.4 Å². The molecular weight excluding hydrogens is 418 g/mol. The van der Waals surface area contributed by atoms with Crippen LogP contribution in [0.1, 0.15) is 29.2 Å². The molecule has 2 unspecified atom stereocenters. The largest absolute Gasteiger partial charge is 0.353 e. The van der Waals surface area contributed by atoms with Gasteiger partial charge in [0.25, 0.3) is 5.91 Å². The van der Waals surface area contributed by atoms with Crippen molar-refractivity contribution in [3.05, 3.63) is 59.3 Å². The molecule has 0 bridgehead atoms. The SMILES string of the molecule is Cc1ccc(C)c(C2CC3C(=O)N(CC(=O)N4CCN(c5ccccn5)CC4)N=CN3N2)c1. The van der Waals surface area contributed by atoms with Gasteiger partial charge >= 0.3 is 0 Å². The minimum atomic E-state index is -0.360. The zero-order valence-corrected chi connectivity index (χ0v) is 19.0. The number of nitrogens with zero attached hydrogens (tertiary/aromatic N) is 6. The number of benzene rings is 1. The fraction of sp³-hybridized carbons (Fsp3) is 0.417. The van der Waals surface area contributed by atoms with Gasteiger partial charge < -0.3 is 9.80 Å². The van der Waals surface area contributed by atoms with Crippen molar-refractivity contribution in [2.75, 3.05) is 37.6 Å². The molecule has 1 N–H and O–H groups in total. The minimum Gasteiger partial charge on any atom is -0.353 e. The Labute approximate surface area is 193 Å². The number of hydrazone groups is 1. The van der Waals surface area contributed by atoms with Gasteiger partial charge in [-0.2, -0.15) is 5.10 Å². The molecule has 0 saturated carbocycles. The Balaban J connectivity index is 1.18. The number of rotatable bonds is 4. The second-order valence-corrected chi connectivity index (χ2v) is 8.88. The molecule has 1 aromatic heterocycles. The number of anilines is 1. The van der Waals surface area contributed by atoms with Crippen molar-refractivity contribution in [2.24, 2.45) is 5.10 Å². The average Bonchev–Trinajstić information content (AvgIpc) is 3.28. The van der Waals surface area contributed by atoms with Gasteiger partial charge in [0.1, 0.15) is 24.7 Å². The Hall–Kier alpha value is -3.46. The van der Waals surface area contributed by atoms with E-state index >= 15 is 0 Å². The van der Waals surface area contributed by atoms with Crippen LogP contribution in [0.4, 0.5) is 5.82 Å². The standard InChI is InChI=1S/C24H29N7O2/c1-17-6-7-18(2)19(13-17)20-14-21-24(33)30(26-16-31(21)27-20)15-23(32)29-11-9-28(10-12-29)22-5-3-4-8-25-22/h3-8,13,16,20-21,27H,9-12,14-15H2,1-2H3. The number of aryl methyl sites for hydroxylation is 2. The molecule has 2 saturated heterocycles. The van der Waals surface area contributed by atoms with Crippen LogP contribution in [0.5, 0.6) is 0 Å². The number of hydrazine groups is 1. The summed E-state index contributed by atoms with van der Waals surface area (Å²) in [7, 11) is 0. The Morgan fingerprint density at radius 1 is 1.12 bits per heavy atom. The third kappa shape index (κ3) is 4.28. The molecule has 33 heavy (non-hydrogen) atoms. The molecule has 2 aromatic rings. The van der Waals surface area contributed by atoms with Crippen LogP contribution in [0.2, 0.25) is 0 Å². The summed E-state index contributed by atoms with van der Waals surface area (Å²) in [6.07, 6.45) is 4.05. The second kappa shape index (κ2) is 8.82. The van der Waals surface area contributed by atoms with Crippen molar-refractivity contribution in [3.8, 4) is 0 Å². The minimum absolute atomic E-state index is 0.0304. The molecule has 3 aliphatic rings. The van der Waals surface area contributed by atoms with Gasteiger partial charge in [0.15, 0.2) is 0 Å². The predicted molar refractivity (Wildman–Crippen MR) is 125 cm³/mol. The second-order valence-electron chi connectivity index (χ2n) is 8.88. The van der Waals surface area contributed by atoms with Crippen LogP contribution in [0, 0.1) is 13.8 Å². The lowest BCUT2D eigenvalue weighted by Crippen LogP contribution is -2.55. The molecule has 9 heteroatoms. The highest BCUT2D eigenvalue weighted by Gasteiger charge is 2.42. The quantitative estimate of drug-likeness (QED) is 0.764. The van der Waals surface area contributed by atoms with Crippen molar-refractivity contribution in [3.63, 3.8) is 0 Å². The van der Waals surface area contributed by atoms with E-state index in [0.29, 0.717) is 19.5 Å². The fourth-order valence-corrected chi connectivity index (χ4v) is 4.74. The van der Waals surface area contributed by atoms with Gasteiger partial charge in [-0.15, -0.1) is 0 Å². The van der Waals surface area contributed by atoms with E-state index < -0.39 is 0 Å². The molecule has 2 atom stereocenters. The normalized spacial score (nSPS) is 22.7. The number of carbonyl (C=O) groups excluding carboxylic acids is 2. The smallest absolute Gasteiger partial charge is 0.267 e. The molecular formula is C24H29N7O2. The summed E-state index contributed by atoms with van der Waals surface area (Å²) in [6, 6.07) is 11.9. The monoisotopic (exact) mass is 447 g/mol. The van der Waals surface area contributed by atoms with Crippen molar-refractivity contribution in [1.82, 2.24) is 25.3 Å². The molecule has 4 heterocycles. The molecule has 1 aromatic carbocycles. The van der Waals surface area contributed by atoms with E-state index in [4.69, 9.17) is 0 Å². The van der Waals surface area contributed by atoms with E-state index in [1.165, 1.54) is 21.7 Å². The number of amides is 2. The van der Waals surface area contributed by atoms with E-state index in [1.54, 1.807) is 22.4 Å². The number of fused-ring (bicyclic) bond motifs is 1. The third-order valence-corrected chi connectivity index (χ3v) is 6.66. The summed E-state index contributed by atoms with van der Waals surface area (Å²) in [5.74, 6) is 0.706. The highest BCUT2D eigenvalue weighted by molar-refractivity contribution is 5.91. The number of hydrogen-bond donors (Lipinski definition) is 1. The van der Waals surface area contributed by atoms with Crippen molar-refractivity contribution >= 4 is 24.0 Å². The van der Waals surface area contributed by atoms with Crippen LogP contribution in [-0.4, -0.2) is 76.8 Å². The first-order chi connectivity index (χ1) is 16.0. The molecule has 2 amide bonds. The number of pyridine rings is 1.